The van der Waals surface area contributed by atoms with Gasteiger partial charge in [0.25, 0.3) is 0 Å². The summed E-state index contributed by atoms with van der Waals surface area (Å²) in [4.78, 5) is 25.0. The third-order valence-electron chi connectivity index (χ3n) is 3.16. The Balaban J connectivity index is 2.53. The Morgan fingerprint density at radius 1 is 1.33 bits per heavy atom. The van der Waals surface area contributed by atoms with Crippen molar-refractivity contribution >= 4 is 29.1 Å². The van der Waals surface area contributed by atoms with Gasteiger partial charge in [-0.1, -0.05) is 17.7 Å². The highest BCUT2D eigenvalue weighted by Gasteiger charge is 2.12. The van der Waals surface area contributed by atoms with Crippen molar-refractivity contribution in [3.63, 3.8) is 0 Å². The van der Waals surface area contributed by atoms with Crippen molar-refractivity contribution in [2.75, 3.05) is 32.1 Å². The van der Waals surface area contributed by atoms with Crippen molar-refractivity contribution in [3.8, 4) is 0 Å². The molecule has 1 N–H and O–H groups in total. The summed E-state index contributed by atoms with van der Waals surface area (Å²) in [6.45, 7) is 4.63. The van der Waals surface area contributed by atoms with Crippen LogP contribution in [0.25, 0.3) is 0 Å². The molecule has 0 saturated carbocycles. The molecule has 0 fully saturated rings. The molecule has 0 atom stereocenters. The minimum absolute atomic E-state index is 0.0706. The van der Waals surface area contributed by atoms with E-state index in [2.05, 4.69) is 5.32 Å². The Morgan fingerprint density at radius 3 is 2.67 bits per heavy atom. The van der Waals surface area contributed by atoms with Crippen LogP contribution in [0.2, 0.25) is 5.02 Å². The molecule has 0 bridgehead atoms. The van der Waals surface area contributed by atoms with E-state index < -0.39 is 0 Å². The third-order valence-corrected chi connectivity index (χ3v) is 3.57. The summed E-state index contributed by atoms with van der Waals surface area (Å²) in [6.07, 6.45) is 0.231. The van der Waals surface area contributed by atoms with Crippen LogP contribution >= 0.6 is 11.6 Å². The molecule has 0 saturated heterocycles. The molecular weight excluding hydrogens is 292 g/mol. The van der Waals surface area contributed by atoms with Crippen molar-refractivity contribution in [2.24, 2.45) is 0 Å². The number of ether oxygens (including phenoxy) is 1. The van der Waals surface area contributed by atoms with Crippen LogP contribution in [0.1, 0.15) is 18.9 Å². The lowest BCUT2D eigenvalue weighted by Crippen LogP contribution is -2.34. The summed E-state index contributed by atoms with van der Waals surface area (Å²) in [5.74, 6) is -0.220. The summed E-state index contributed by atoms with van der Waals surface area (Å²) in [5, 5.41) is 3.42. The molecule has 0 aromatic heterocycles. The Morgan fingerprint density at radius 2 is 2.05 bits per heavy atom. The molecule has 0 aliphatic rings. The molecule has 116 valence electrons. The molecule has 0 aliphatic heterocycles. The molecule has 2 amide bonds. The Kier molecular flexibility index (Phi) is 7.19. The Hall–Kier alpha value is -1.59. The number of carbonyl (C=O) groups is 2. The van der Waals surface area contributed by atoms with Crippen LogP contribution in [0.4, 0.5) is 5.69 Å². The van der Waals surface area contributed by atoms with Gasteiger partial charge in [-0.25, -0.2) is 0 Å². The van der Waals surface area contributed by atoms with Crippen molar-refractivity contribution in [1.82, 2.24) is 4.90 Å². The predicted molar refractivity (Wildman–Crippen MR) is 83.6 cm³/mol. The van der Waals surface area contributed by atoms with E-state index in [1.165, 1.54) is 6.92 Å². The molecule has 1 aromatic carbocycles. The van der Waals surface area contributed by atoms with Gasteiger partial charge in [-0.05, 0) is 24.6 Å². The number of carbonyl (C=O) groups excluding carboxylic acids is 2. The normalized spacial score (nSPS) is 10.3. The first-order valence-corrected chi connectivity index (χ1v) is 7.13. The van der Waals surface area contributed by atoms with Crippen LogP contribution in [0.15, 0.2) is 18.2 Å². The summed E-state index contributed by atoms with van der Waals surface area (Å²) < 4.78 is 4.94. The average Bonchev–Trinajstić information content (AvgIpc) is 2.43. The molecule has 5 nitrogen and oxygen atoms in total. The Labute approximate surface area is 130 Å². The first-order valence-electron chi connectivity index (χ1n) is 6.75. The lowest BCUT2D eigenvalue weighted by Gasteiger charge is -2.20. The second-order valence-corrected chi connectivity index (χ2v) is 5.12. The summed E-state index contributed by atoms with van der Waals surface area (Å²) >= 11 is 6.01. The van der Waals surface area contributed by atoms with Gasteiger partial charge in [0.15, 0.2) is 0 Å². The van der Waals surface area contributed by atoms with Crippen LogP contribution in [-0.2, 0) is 14.3 Å². The van der Waals surface area contributed by atoms with Crippen molar-refractivity contribution in [1.29, 1.82) is 0 Å². The van der Waals surface area contributed by atoms with Crippen molar-refractivity contribution in [2.45, 2.75) is 20.3 Å². The number of rotatable bonds is 7. The number of benzene rings is 1. The molecule has 1 rings (SSSR count). The zero-order chi connectivity index (χ0) is 15.8. The lowest BCUT2D eigenvalue weighted by atomic mass is 10.2. The highest BCUT2D eigenvalue weighted by Crippen LogP contribution is 2.22. The fourth-order valence-electron chi connectivity index (χ4n) is 1.82. The molecule has 21 heavy (non-hydrogen) atoms. The maximum absolute atomic E-state index is 12.0. The zero-order valence-corrected chi connectivity index (χ0v) is 13.4. The van der Waals surface area contributed by atoms with Gasteiger partial charge in [0, 0.05) is 44.3 Å². The fraction of sp³-hybridized carbons (Fsp3) is 0.467. The molecule has 1 aromatic rings. The second kappa shape index (κ2) is 8.64. The second-order valence-electron chi connectivity index (χ2n) is 4.71. The van der Waals surface area contributed by atoms with Gasteiger partial charge in [-0.15, -0.1) is 0 Å². The minimum atomic E-state index is -0.149. The monoisotopic (exact) mass is 312 g/mol. The topological polar surface area (TPSA) is 58.6 Å². The number of methoxy groups -OCH3 is 1. The number of nitrogens with zero attached hydrogens (tertiary/aromatic N) is 1. The lowest BCUT2D eigenvalue weighted by molar-refractivity contribution is -0.130. The highest BCUT2D eigenvalue weighted by molar-refractivity contribution is 6.31. The Bertz CT molecular complexity index is 506. The van der Waals surface area contributed by atoms with E-state index in [9.17, 15) is 9.59 Å². The fourth-order valence-corrected chi connectivity index (χ4v) is 1.99. The van der Waals surface area contributed by atoms with Gasteiger partial charge in [0.1, 0.15) is 0 Å². The molecule has 0 aliphatic carbocycles. The molecule has 6 heteroatoms. The average molecular weight is 313 g/mol. The first kappa shape index (κ1) is 17.5. The van der Waals surface area contributed by atoms with Gasteiger partial charge < -0.3 is 15.0 Å². The van der Waals surface area contributed by atoms with Crippen LogP contribution < -0.4 is 5.32 Å². The van der Waals surface area contributed by atoms with Crippen LogP contribution in [-0.4, -0.2) is 43.5 Å². The van der Waals surface area contributed by atoms with Crippen LogP contribution in [0.5, 0.6) is 0 Å². The van der Waals surface area contributed by atoms with E-state index >= 15 is 0 Å². The predicted octanol–water partition coefficient (Wildman–Crippen LogP) is 2.47. The molecule has 0 spiro atoms. The summed E-state index contributed by atoms with van der Waals surface area (Å²) in [5.41, 5.74) is 1.52. The maximum atomic E-state index is 12.0. The minimum Gasteiger partial charge on any atom is -0.383 e. The molecule has 0 radical (unpaired) electrons. The summed E-state index contributed by atoms with van der Waals surface area (Å²) in [7, 11) is 1.58. The molecular formula is C15H21ClN2O3. The van der Waals surface area contributed by atoms with Crippen LogP contribution in [0.3, 0.4) is 0 Å². The van der Waals surface area contributed by atoms with E-state index in [4.69, 9.17) is 16.3 Å². The number of hydrogen-bond donors (Lipinski definition) is 1. The zero-order valence-electron chi connectivity index (χ0n) is 12.6. The molecule has 0 heterocycles. The first-order chi connectivity index (χ1) is 9.95. The number of amides is 2. The van der Waals surface area contributed by atoms with E-state index in [-0.39, 0.29) is 18.2 Å². The van der Waals surface area contributed by atoms with Crippen molar-refractivity contribution < 1.29 is 14.3 Å². The van der Waals surface area contributed by atoms with Gasteiger partial charge in [0.05, 0.1) is 6.61 Å². The van der Waals surface area contributed by atoms with Crippen molar-refractivity contribution in [3.05, 3.63) is 28.8 Å². The SMILES string of the molecule is COCCN(CCC(=O)Nc1cccc(Cl)c1C)C(C)=O. The van der Waals surface area contributed by atoms with E-state index in [1.54, 1.807) is 30.2 Å². The standard InChI is InChI=1S/C15H21ClN2O3/c1-11-13(16)5-4-6-14(11)17-15(20)7-8-18(12(2)19)9-10-21-3/h4-6H,7-10H2,1-3H3,(H,17,20). The van der Waals surface area contributed by atoms with Gasteiger partial charge in [0.2, 0.25) is 11.8 Å². The largest absolute Gasteiger partial charge is 0.383 e. The van der Waals surface area contributed by atoms with Gasteiger partial charge in [-0.2, -0.15) is 0 Å². The van der Waals surface area contributed by atoms with Gasteiger partial charge >= 0.3 is 0 Å². The quantitative estimate of drug-likeness (QED) is 0.841. The number of hydrogen-bond acceptors (Lipinski definition) is 3. The highest BCUT2D eigenvalue weighted by atomic mass is 35.5. The molecule has 0 unspecified atom stereocenters. The summed E-state index contributed by atoms with van der Waals surface area (Å²) in [6, 6.07) is 5.35. The van der Waals surface area contributed by atoms with E-state index in [0.717, 1.165) is 5.56 Å². The maximum Gasteiger partial charge on any atom is 0.226 e. The number of nitrogens with one attached hydrogen (secondary N) is 1. The van der Waals surface area contributed by atoms with Gasteiger partial charge in [-0.3, -0.25) is 9.59 Å². The number of halogens is 1. The smallest absolute Gasteiger partial charge is 0.226 e. The van der Waals surface area contributed by atoms with Crippen LogP contribution in [0, 0.1) is 6.92 Å². The third kappa shape index (κ3) is 5.73. The van der Waals surface area contributed by atoms with E-state index in [1.807, 2.05) is 6.92 Å². The number of anilines is 1. The van der Waals surface area contributed by atoms with E-state index in [0.29, 0.717) is 30.4 Å².